The molecule has 0 bridgehead atoms. The van der Waals surface area contributed by atoms with Gasteiger partial charge in [-0.3, -0.25) is 0 Å². The third-order valence-electron chi connectivity index (χ3n) is 11.1. The molecule has 0 saturated carbocycles. The number of hydrogen-bond acceptors (Lipinski definition) is 2. The van der Waals surface area contributed by atoms with Crippen molar-refractivity contribution in [3.05, 3.63) is 157 Å². The molecule has 0 aliphatic rings. The van der Waals surface area contributed by atoms with E-state index in [1.54, 1.807) is 0 Å². The molecule has 10 rings (SSSR count). The molecule has 4 nitrogen and oxygen atoms in total. The Bertz CT molecular complexity index is 2910. The zero-order chi connectivity index (χ0) is 35.1. The van der Waals surface area contributed by atoms with Crippen LogP contribution in [0.15, 0.2) is 146 Å². The van der Waals surface area contributed by atoms with Crippen LogP contribution in [-0.4, -0.2) is 19.1 Å². The lowest BCUT2D eigenvalue weighted by Crippen LogP contribution is -1.93. The number of fused-ring (bicyclic) bond motifs is 5. The second-order valence-electron chi connectivity index (χ2n) is 14.0. The van der Waals surface area contributed by atoms with Crippen molar-refractivity contribution in [2.24, 2.45) is 14.1 Å². The number of nitrogens with zero attached hydrogens (tertiary/aromatic N) is 4. The van der Waals surface area contributed by atoms with Gasteiger partial charge in [0.15, 0.2) is 0 Å². The van der Waals surface area contributed by atoms with Gasteiger partial charge in [0.2, 0.25) is 0 Å². The first kappa shape index (κ1) is 30.3. The summed E-state index contributed by atoms with van der Waals surface area (Å²) in [5, 5.41) is 7.41. The van der Waals surface area contributed by atoms with E-state index in [0.29, 0.717) is 0 Å². The van der Waals surface area contributed by atoms with E-state index in [1.165, 1.54) is 76.8 Å². The number of rotatable bonds is 4. The second kappa shape index (κ2) is 11.5. The van der Waals surface area contributed by atoms with Crippen LogP contribution < -0.4 is 0 Å². The van der Waals surface area contributed by atoms with Crippen LogP contribution in [0.5, 0.6) is 0 Å². The average Bonchev–Trinajstić information content (AvgIpc) is 3.64. The Morgan fingerprint density at radius 2 is 0.808 bits per heavy atom. The van der Waals surface area contributed by atoms with Crippen LogP contribution in [0, 0.1) is 13.8 Å². The summed E-state index contributed by atoms with van der Waals surface area (Å²) >= 11 is 0. The highest BCUT2D eigenvalue weighted by molar-refractivity contribution is 6.22. The molecule has 0 amide bonds. The summed E-state index contributed by atoms with van der Waals surface area (Å²) in [6.45, 7) is 4.13. The van der Waals surface area contributed by atoms with Gasteiger partial charge in [0.25, 0.3) is 0 Å². The largest absolute Gasteiger partial charge is 0.331 e. The summed E-state index contributed by atoms with van der Waals surface area (Å²) in [6.07, 6.45) is 0. The first-order valence-electron chi connectivity index (χ1n) is 17.9. The lowest BCUT2D eigenvalue weighted by molar-refractivity contribution is 0.886. The molecular formula is C48H36N4. The van der Waals surface area contributed by atoms with E-state index >= 15 is 0 Å². The van der Waals surface area contributed by atoms with E-state index in [-0.39, 0.29) is 0 Å². The van der Waals surface area contributed by atoms with Gasteiger partial charge in [-0.05, 0) is 121 Å². The van der Waals surface area contributed by atoms with Gasteiger partial charge in [-0.25, -0.2) is 9.97 Å². The topological polar surface area (TPSA) is 35.6 Å². The minimum atomic E-state index is 1.01. The molecular weight excluding hydrogens is 633 g/mol. The van der Waals surface area contributed by atoms with Gasteiger partial charge in [-0.2, -0.15) is 0 Å². The van der Waals surface area contributed by atoms with Gasteiger partial charge >= 0.3 is 0 Å². The van der Waals surface area contributed by atoms with Crippen LogP contribution in [0.25, 0.3) is 98.9 Å². The SMILES string of the molecule is Cc1nc2ccc(-c3cccc4c(-c5cccc6c(-c7ccccc7)cccc56)c5cccc(-c6ccc7nc(C)n(C)c7c6)c5cc34)cc2n1C. The molecule has 2 heterocycles. The van der Waals surface area contributed by atoms with Crippen molar-refractivity contribution in [2.75, 3.05) is 0 Å². The second-order valence-corrected chi connectivity index (χ2v) is 14.0. The Kier molecular flexibility index (Phi) is 6.71. The van der Waals surface area contributed by atoms with Crippen molar-refractivity contribution in [1.29, 1.82) is 0 Å². The molecule has 0 aliphatic carbocycles. The van der Waals surface area contributed by atoms with Crippen LogP contribution in [0.2, 0.25) is 0 Å². The van der Waals surface area contributed by atoms with E-state index in [4.69, 9.17) is 9.97 Å². The number of imidazole rings is 2. The van der Waals surface area contributed by atoms with Gasteiger partial charge in [0.05, 0.1) is 22.1 Å². The Morgan fingerprint density at radius 3 is 1.33 bits per heavy atom. The van der Waals surface area contributed by atoms with E-state index in [2.05, 4.69) is 183 Å². The van der Waals surface area contributed by atoms with Crippen LogP contribution in [0.4, 0.5) is 0 Å². The maximum atomic E-state index is 4.79. The predicted octanol–water partition coefficient (Wildman–Crippen LogP) is 12.2. The maximum Gasteiger partial charge on any atom is 0.106 e. The average molecular weight is 669 g/mol. The van der Waals surface area contributed by atoms with Gasteiger partial charge < -0.3 is 9.13 Å². The molecule has 0 atom stereocenters. The Morgan fingerprint density at radius 1 is 0.365 bits per heavy atom. The molecule has 0 unspecified atom stereocenters. The van der Waals surface area contributed by atoms with Crippen molar-refractivity contribution in [1.82, 2.24) is 19.1 Å². The van der Waals surface area contributed by atoms with Crippen molar-refractivity contribution in [2.45, 2.75) is 13.8 Å². The summed E-state index contributed by atoms with van der Waals surface area (Å²) in [7, 11) is 4.19. The van der Waals surface area contributed by atoms with Crippen molar-refractivity contribution in [3.8, 4) is 44.5 Å². The first-order chi connectivity index (χ1) is 25.4. The molecule has 248 valence electrons. The Hall–Kier alpha value is -6.52. The minimum absolute atomic E-state index is 1.01. The molecule has 4 heteroatoms. The van der Waals surface area contributed by atoms with Crippen LogP contribution in [-0.2, 0) is 14.1 Å². The van der Waals surface area contributed by atoms with E-state index < -0.39 is 0 Å². The Balaban J connectivity index is 1.32. The smallest absolute Gasteiger partial charge is 0.106 e. The van der Waals surface area contributed by atoms with Crippen LogP contribution in [0.1, 0.15) is 11.6 Å². The third kappa shape index (κ3) is 4.54. The fourth-order valence-corrected chi connectivity index (χ4v) is 8.31. The fourth-order valence-electron chi connectivity index (χ4n) is 8.31. The lowest BCUT2D eigenvalue weighted by Gasteiger charge is -2.19. The van der Waals surface area contributed by atoms with E-state index in [1.807, 2.05) is 0 Å². The number of hydrogen-bond donors (Lipinski definition) is 0. The molecule has 0 fully saturated rings. The zero-order valence-electron chi connectivity index (χ0n) is 29.6. The number of benzene rings is 8. The summed E-state index contributed by atoms with van der Waals surface area (Å²) in [6, 6.07) is 53.6. The highest BCUT2D eigenvalue weighted by Crippen LogP contribution is 2.46. The summed E-state index contributed by atoms with van der Waals surface area (Å²) < 4.78 is 4.36. The molecule has 0 saturated heterocycles. The van der Waals surface area contributed by atoms with E-state index in [0.717, 1.165) is 33.7 Å². The van der Waals surface area contributed by atoms with E-state index in [9.17, 15) is 0 Å². The number of aryl methyl sites for hydroxylation is 4. The van der Waals surface area contributed by atoms with Crippen LogP contribution in [0.3, 0.4) is 0 Å². The molecule has 10 aromatic rings. The van der Waals surface area contributed by atoms with Gasteiger partial charge in [-0.1, -0.05) is 115 Å². The highest BCUT2D eigenvalue weighted by atomic mass is 15.1. The maximum absolute atomic E-state index is 4.79. The first-order valence-corrected chi connectivity index (χ1v) is 17.9. The van der Waals surface area contributed by atoms with Gasteiger partial charge in [-0.15, -0.1) is 0 Å². The lowest BCUT2D eigenvalue weighted by atomic mass is 9.84. The predicted molar refractivity (Wildman–Crippen MR) is 219 cm³/mol. The van der Waals surface area contributed by atoms with Crippen molar-refractivity contribution < 1.29 is 0 Å². The molecule has 2 aromatic heterocycles. The summed E-state index contributed by atoms with van der Waals surface area (Å²) in [4.78, 5) is 9.59. The highest BCUT2D eigenvalue weighted by Gasteiger charge is 2.19. The quantitative estimate of drug-likeness (QED) is 0.175. The van der Waals surface area contributed by atoms with Crippen LogP contribution >= 0.6 is 0 Å². The standard InChI is InChI=1S/C48H36N4/c1-29-49-44-24-22-32(26-46(44)51(29)3)35-15-9-20-40-42(35)28-43-36(33-23-25-45-47(27-33)52(4)30(2)50-45)16-10-21-41(43)48(40)39-19-11-17-37-34(14-8-18-38(37)39)31-12-6-5-7-13-31/h5-28H,1-4H3. The number of aromatic nitrogens is 4. The van der Waals surface area contributed by atoms with Crippen molar-refractivity contribution >= 4 is 54.4 Å². The molecule has 8 aromatic carbocycles. The molecule has 0 N–H and O–H groups in total. The summed E-state index contributed by atoms with van der Waals surface area (Å²) in [5.74, 6) is 2.02. The molecule has 52 heavy (non-hydrogen) atoms. The summed E-state index contributed by atoms with van der Waals surface area (Å²) in [5.41, 5.74) is 14.0. The molecule has 0 radical (unpaired) electrons. The van der Waals surface area contributed by atoms with Crippen molar-refractivity contribution in [3.63, 3.8) is 0 Å². The zero-order valence-corrected chi connectivity index (χ0v) is 29.6. The fraction of sp³-hybridized carbons (Fsp3) is 0.0833. The third-order valence-corrected chi connectivity index (χ3v) is 11.1. The van der Waals surface area contributed by atoms with Gasteiger partial charge in [0.1, 0.15) is 11.6 Å². The normalized spacial score (nSPS) is 11.8. The van der Waals surface area contributed by atoms with Gasteiger partial charge in [0, 0.05) is 14.1 Å². The minimum Gasteiger partial charge on any atom is -0.331 e. The molecule has 0 aliphatic heterocycles. The monoisotopic (exact) mass is 668 g/mol. The molecule has 0 spiro atoms. The Labute approximate surface area is 302 Å².